The van der Waals surface area contributed by atoms with Crippen molar-refractivity contribution in [2.45, 2.75) is 37.8 Å². The van der Waals surface area contributed by atoms with Crippen LogP contribution in [0.1, 0.15) is 42.1 Å². The Balaban J connectivity index is 2.22. The molecule has 1 saturated carbocycles. The van der Waals surface area contributed by atoms with Gasteiger partial charge in [-0.05, 0) is 37.8 Å². The number of ether oxygens (including phenoxy) is 2. The maximum atomic E-state index is 12.3. The standard InChI is InChI=1S/C14H19NO4/c1-18-11-7-5-10(6-8-11)15-9-3-4-12(13(15)16)14(17)19-2/h3-4,9-11H,5-8H2,1-2H3/t10-,11+. The van der Waals surface area contributed by atoms with Crippen LogP contribution in [0.2, 0.25) is 0 Å². The monoisotopic (exact) mass is 265 g/mol. The quantitative estimate of drug-likeness (QED) is 0.781. The van der Waals surface area contributed by atoms with Gasteiger partial charge in [0.05, 0.1) is 13.2 Å². The molecule has 0 saturated heterocycles. The maximum absolute atomic E-state index is 12.3. The Labute approximate surface area is 112 Å². The average Bonchev–Trinajstić information content (AvgIpc) is 2.47. The second-order valence-electron chi connectivity index (χ2n) is 4.79. The molecule has 0 spiro atoms. The second-order valence-corrected chi connectivity index (χ2v) is 4.79. The molecule has 5 heteroatoms. The van der Waals surface area contributed by atoms with Crippen molar-refractivity contribution in [2.75, 3.05) is 14.2 Å². The molecule has 0 bridgehead atoms. The number of carbonyl (C=O) groups is 1. The first kappa shape index (κ1) is 13.8. The Morgan fingerprint density at radius 3 is 2.53 bits per heavy atom. The van der Waals surface area contributed by atoms with Gasteiger partial charge in [0.2, 0.25) is 0 Å². The minimum absolute atomic E-state index is 0.0962. The minimum atomic E-state index is -0.579. The predicted octanol–water partition coefficient (Wildman–Crippen LogP) is 1.76. The topological polar surface area (TPSA) is 57.5 Å². The van der Waals surface area contributed by atoms with Crippen molar-refractivity contribution in [3.63, 3.8) is 0 Å². The van der Waals surface area contributed by atoms with E-state index in [4.69, 9.17) is 4.74 Å². The summed E-state index contributed by atoms with van der Waals surface area (Å²) in [6, 6.07) is 3.37. The van der Waals surface area contributed by atoms with E-state index in [9.17, 15) is 9.59 Å². The SMILES string of the molecule is COC(=O)c1cccn([C@H]2CC[C@@H](OC)CC2)c1=O. The van der Waals surface area contributed by atoms with Crippen LogP contribution in [0.15, 0.2) is 23.1 Å². The molecule has 1 aromatic rings. The van der Waals surface area contributed by atoms with Crippen LogP contribution in [-0.4, -0.2) is 30.9 Å². The van der Waals surface area contributed by atoms with Gasteiger partial charge in [-0.1, -0.05) is 0 Å². The molecule has 19 heavy (non-hydrogen) atoms. The van der Waals surface area contributed by atoms with Crippen LogP contribution < -0.4 is 5.56 Å². The summed E-state index contributed by atoms with van der Waals surface area (Å²) in [5, 5.41) is 0. The summed E-state index contributed by atoms with van der Waals surface area (Å²) in [4.78, 5) is 23.8. The normalized spacial score (nSPS) is 23.1. The largest absolute Gasteiger partial charge is 0.465 e. The van der Waals surface area contributed by atoms with E-state index in [-0.39, 0.29) is 23.3 Å². The number of nitrogens with zero attached hydrogens (tertiary/aromatic N) is 1. The molecule has 1 aliphatic carbocycles. The number of rotatable bonds is 3. The molecule has 0 radical (unpaired) electrons. The van der Waals surface area contributed by atoms with Gasteiger partial charge in [0.15, 0.2) is 0 Å². The molecule has 0 unspecified atom stereocenters. The Morgan fingerprint density at radius 2 is 1.95 bits per heavy atom. The molecular formula is C14H19NO4. The number of aromatic nitrogens is 1. The molecule has 0 aromatic carbocycles. The van der Waals surface area contributed by atoms with E-state index in [0.29, 0.717) is 0 Å². The van der Waals surface area contributed by atoms with E-state index in [1.165, 1.54) is 13.2 Å². The zero-order valence-corrected chi connectivity index (χ0v) is 11.3. The van der Waals surface area contributed by atoms with Crippen molar-refractivity contribution in [1.82, 2.24) is 4.57 Å². The van der Waals surface area contributed by atoms with Gasteiger partial charge >= 0.3 is 5.97 Å². The number of hydrogen-bond donors (Lipinski definition) is 0. The number of methoxy groups -OCH3 is 2. The minimum Gasteiger partial charge on any atom is -0.465 e. The van der Waals surface area contributed by atoms with Crippen LogP contribution in [0.4, 0.5) is 0 Å². The van der Waals surface area contributed by atoms with E-state index in [1.54, 1.807) is 23.9 Å². The highest BCUT2D eigenvalue weighted by molar-refractivity contribution is 5.88. The Bertz CT molecular complexity index is 500. The molecule has 0 amide bonds. The van der Waals surface area contributed by atoms with E-state index < -0.39 is 5.97 Å². The first-order chi connectivity index (χ1) is 9.17. The van der Waals surface area contributed by atoms with E-state index >= 15 is 0 Å². The molecule has 0 aliphatic heterocycles. The third-order valence-electron chi connectivity index (χ3n) is 3.75. The Kier molecular flexibility index (Phi) is 4.37. The molecule has 1 aromatic heterocycles. The van der Waals surface area contributed by atoms with Gasteiger partial charge in [-0.3, -0.25) is 4.79 Å². The third kappa shape index (κ3) is 2.87. The summed E-state index contributed by atoms with van der Waals surface area (Å²) in [6.45, 7) is 0. The highest BCUT2D eigenvalue weighted by Crippen LogP contribution is 2.28. The van der Waals surface area contributed by atoms with Gasteiger partial charge in [0.25, 0.3) is 5.56 Å². The Morgan fingerprint density at radius 1 is 1.26 bits per heavy atom. The van der Waals surface area contributed by atoms with Crippen LogP contribution in [0, 0.1) is 0 Å². The number of carbonyl (C=O) groups excluding carboxylic acids is 1. The van der Waals surface area contributed by atoms with Gasteiger partial charge in [0, 0.05) is 19.3 Å². The molecule has 1 heterocycles. The zero-order chi connectivity index (χ0) is 13.8. The zero-order valence-electron chi connectivity index (χ0n) is 11.3. The summed E-state index contributed by atoms with van der Waals surface area (Å²) < 4.78 is 11.6. The number of pyridine rings is 1. The lowest BCUT2D eigenvalue weighted by Gasteiger charge is -2.29. The average molecular weight is 265 g/mol. The molecule has 104 valence electrons. The van der Waals surface area contributed by atoms with Crippen LogP contribution in [0.5, 0.6) is 0 Å². The predicted molar refractivity (Wildman–Crippen MR) is 70.3 cm³/mol. The van der Waals surface area contributed by atoms with Crippen molar-refractivity contribution in [2.24, 2.45) is 0 Å². The first-order valence-corrected chi connectivity index (χ1v) is 6.49. The van der Waals surface area contributed by atoms with E-state index in [1.807, 2.05) is 0 Å². The van der Waals surface area contributed by atoms with Crippen molar-refractivity contribution in [1.29, 1.82) is 0 Å². The van der Waals surface area contributed by atoms with Gasteiger partial charge in [-0.25, -0.2) is 4.79 Å². The molecule has 0 N–H and O–H groups in total. The van der Waals surface area contributed by atoms with Crippen LogP contribution in [-0.2, 0) is 9.47 Å². The summed E-state index contributed by atoms with van der Waals surface area (Å²) in [7, 11) is 3.00. The number of hydrogen-bond acceptors (Lipinski definition) is 4. The maximum Gasteiger partial charge on any atom is 0.343 e. The fraction of sp³-hybridized carbons (Fsp3) is 0.571. The third-order valence-corrected chi connectivity index (χ3v) is 3.75. The van der Waals surface area contributed by atoms with Gasteiger partial charge in [-0.15, -0.1) is 0 Å². The molecule has 2 rings (SSSR count). The summed E-state index contributed by atoms with van der Waals surface area (Å²) in [5.41, 5.74) is -0.172. The summed E-state index contributed by atoms with van der Waals surface area (Å²) in [6.07, 6.45) is 5.70. The fourth-order valence-corrected chi connectivity index (χ4v) is 2.62. The molecule has 1 fully saturated rings. The van der Waals surface area contributed by atoms with Crippen LogP contribution in [0.25, 0.3) is 0 Å². The Hall–Kier alpha value is -1.62. The van der Waals surface area contributed by atoms with Crippen molar-refractivity contribution >= 4 is 5.97 Å². The molecule has 1 aliphatic rings. The van der Waals surface area contributed by atoms with E-state index in [2.05, 4.69) is 4.74 Å². The van der Waals surface area contributed by atoms with Gasteiger partial charge in [0.1, 0.15) is 5.56 Å². The summed E-state index contributed by atoms with van der Waals surface area (Å²) >= 11 is 0. The summed E-state index contributed by atoms with van der Waals surface area (Å²) in [5.74, 6) is -0.579. The van der Waals surface area contributed by atoms with E-state index in [0.717, 1.165) is 25.7 Å². The van der Waals surface area contributed by atoms with Gasteiger partial charge in [-0.2, -0.15) is 0 Å². The highest BCUT2D eigenvalue weighted by atomic mass is 16.5. The van der Waals surface area contributed by atoms with Crippen molar-refractivity contribution in [3.8, 4) is 0 Å². The molecule has 5 nitrogen and oxygen atoms in total. The molecular weight excluding hydrogens is 246 g/mol. The lowest BCUT2D eigenvalue weighted by Crippen LogP contribution is -2.32. The fourth-order valence-electron chi connectivity index (χ4n) is 2.62. The lowest BCUT2D eigenvalue weighted by molar-refractivity contribution is 0.0565. The first-order valence-electron chi connectivity index (χ1n) is 6.49. The smallest absolute Gasteiger partial charge is 0.343 e. The van der Waals surface area contributed by atoms with Crippen molar-refractivity contribution < 1.29 is 14.3 Å². The second kappa shape index (κ2) is 6.02. The van der Waals surface area contributed by atoms with Crippen molar-refractivity contribution in [3.05, 3.63) is 34.2 Å². The van der Waals surface area contributed by atoms with Gasteiger partial charge < -0.3 is 14.0 Å². The molecule has 0 atom stereocenters. The lowest BCUT2D eigenvalue weighted by atomic mass is 9.92. The highest BCUT2D eigenvalue weighted by Gasteiger charge is 2.24. The number of esters is 1. The van der Waals surface area contributed by atoms with Crippen LogP contribution >= 0.6 is 0 Å². The van der Waals surface area contributed by atoms with Crippen LogP contribution in [0.3, 0.4) is 0 Å².